The van der Waals surface area contributed by atoms with Gasteiger partial charge in [-0.05, 0) is 24.6 Å². The molecule has 5 heteroatoms. The number of aliphatic hydroxyl groups is 1. The maximum Gasteiger partial charge on any atom is 0.336 e. The summed E-state index contributed by atoms with van der Waals surface area (Å²) < 4.78 is 15.8. The Labute approximate surface area is 122 Å². The molecule has 1 heterocycles. The predicted molar refractivity (Wildman–Crippen MR) is 79.6 cm³/mol. The normalized spacial score (nSPS) is 13.9. The Balaban J connectivity index is 2.63. The fraction of sp³-hybridized carbons (Fsp3) is 0.312. The molecule has 0 fully saturated rings. The van der Waals surface area contributed by atoms with Crippen molar-refractivity contribution in [3.8, 4) is 5.75 Å². The van der Waals surface area contributed by atoms with Crippen LogP contribution < -0.4 is 10.4 Å². The van der Waals surface area contributed by atoms with E-state index in [0.29, 0.717) is 22.5 Å². The summed E-state index contributed by atoms with van der Waals surface area (Å²) in [5, 5.41) is 10.9. The van der Waals surface area contributed by atoms with Gasteiger partial charge in [0, 0.05) is 30.2 Å². The first-order valence-electron chi connectivity index (χ1n) is 6.46. The van der Waals surface area contributed by atoms with Crippen molar-refractivity contribution in [3.05, 3.63) is 52.4 Å². The zero-order valence-corrected chi connectivity index (χ0v) is 12.3. The van der Waals surface area contributed by atoms with Crippen LogP contribution in [0.5, 0.6) is 5.75 Å². The highest BCUT2D eigenvalue weighted by atomic mass is 16.5. The third-order valence-electron chi connectivity index (χ3n) is 3.32. The number of ether oxygens (including phenoxy) is 2. The molecule has 0 aliphatic heterocycles. The van der Waals surface area contributed by atoms with Gasteiger partial charge in [-0.1, -0.05) is 6.58 Å². The van der Waals surface area contributed by atoms with Crippen LogP contribution in [0.15, 0.2) is 45.6 Å². The van der Waals surface area contributed by atoms with Crippen LogP contribution in [0.1, 0.15) is 18.6 Å². The lowest BCUT2D eigenvalue weighted by molar-refractivity contribution is 0.00428. The van der Waals surface area contributed by atoms with Crippen LogP contribution in [-0.2, 0) is 4.74 Å². The quantitative estimate of drug-likeness (QED) is 0.676. The lowest BCUT2D eigenvalue weighted by Gasteiger charge is -2.24. The van der Waals surface area contributed by atoms with Gasteiger partial charge in [-0.3, -0.25) is 0 Å². The molecule has 0 aliphatic carbocycles. The molecule has 0 aliphatic rings. The molecule has 0 amide bonds. The lowest BCUT2D eigenvalue weighted by atomic mass is 9.97. The van der Waals surface area contributed by atoms with Gasteiger partial charge >= 0.3 is 5.63 Å². The molecule has 1 aromatic carbocycles. The monoisotopic (exact) mass is 290 g/mol. The van der Waals surface area contributed by atoms with Crippen molar-refractivity contribution >= 4 is 11.0 Å². The smallest absolute Gasteiger partial charge is 0.336 e. The van der Waals surface area contributed by atoms with Crippen molar-refractivity contribution in [3.63, 3.8) is 0 Å². The van der Waals surface area contributed by atoms with Gasteiger partial charge < -0.3 is 19.0 Å². The van der Waals surface area contributed by atoms with Crippen molar-refractivity contribution in [2.45, 2.75) is 19.1 Å². The van der Waals surface area contributed by atoms with E-state index in [1.807, 2.05) is 0 Å². The number of hydrogen-bond acceptors (Lipinski definition) is 5. The second kappa shape index (κ2) is 6.11. The van der Waals surface area contributed by atoms with E-state index in [1.54, 1.807) is 25.1 Å². The SMILES string of the molecule is C=C(C)[C@H](O)[C@H](OC)c1cc2ccc(=O)oc2cc1OC. The Hall–Kier alpha value is -2.11. The molecule has 0 saturated heterocycles. The Morgan fingerprint density at radius 3 is 2.62 bits per heavy atom. The van der Waals surface area contributed by atoms with Crippen LogP contribution in [0.4, 0.5) is 0 Å². The summed E-state index contributed by atoms with van der Waals surface area (Å²) >= 11 is 0. The summed E-state index contributed by atoms with van der Waals surface area (Å²) in [4.78, 5) is 11.3. The topological polar surface area (TPSA) is 68.9 Å². The van der Waals surface area contributed by atoms with Gasteiger partial charge in [-0.15, -0.1) is 0 Å². The molecule has 21 heavy (non-hydrogen) atoms. The average molecular weight is 290 g/mol. The van der Waals surface area contributed by atoms with Crippen molar-refractivity contribution < 1.29 is 19.0 Å². The van der Waals surface area contributed by atoms with Crippen molar-refractivity contribution in [1.82, 2.24) is 0 Å². The fourth-order valence-corrected chi connectivity index (χ4v) is 2.20. The highest BCUT2D eigenvalue weighted by Crippen LogP contribution is 2.34. The van der Waals surface area contributed by atoms with Crippen LogP contribution in [0.3, 0.4) is 0 Å². The fourth-order valence-electron chi connectivity index (χ4n) is 2.20. The standard InChI is InChI=1S/C16H18O5/c1-9(2)15(18)16(20-4)11-7-10-5-6-14(17)21-12(10)8-13(11)19-3/h5-8,15-16,18H,1H2,2-4H3/t15-,16+/m0/s1. The van der Waals surface area contributed by atoms with Crippen LogP contribution >= 0.6 is 0 Å². The molecule has 5 nitrogen and oxygen atoms in total. The Morgan fingerprint density at radius 2 is 2.05 bits per heavy atom. The second-order valence-electron chi connectivity index (χ2n) is 4.83. The minimum Gasteiger partial charge on any atom is -0.496 e. The zero-order valence-electron chi connectivity index (χ0n) is 12.3. The number of aliphatic hydroxyl groups excluding tert-OH is 1. The summed E-state index contributed by atoms with van der Waals surface area (Å²) in [6.45, 7) is 5.47. The number of rotatable bonds is 5. The van der Waals surface area contributed by atoms with Crippen molar-refractivity contribution in [2.24, 2.45) is 0 Å². The van der Waals surface area contributed by atoms with Gasteiger partial charge in [-0.2, -0.15) is 0 Å². The van der Waals surface area contributed by atoms with Crippen molar-refractivity contribution in [1.29, 1.82) is 0 Å². The Kier molecular flexibility index (Phi) is 4.45. The number of hydrogen-bond donors (Lipinski definition) is 1. The van der Waals surface area contributed by atoms with Crippen LogP contribution in [0.25, 0.3) is 11.0 Å². The van der Waals surface area contributed by atoms with Gasteiger partial charge in [-0.25, -0.2) is 4.79 Å². The molecule has 0 unspecified atom stereocenters. The maximum absolute atomic E-state index is 11.3. The molecule has 0 radical (unpaired) electrons. The molecule has 2 atom stereocenters. The average Bonchev–Trinajstić information content (AvgIpc) is 2.47. The molecule has 0 spiro atoms. The number of methoxy groups -OCH3 is 2. The summed E-state index contributed by atoms with van der Waals surface area (Å²) in [6.07, 6.45) is -1.48. The van der Waals surface area contributed by atoms with E-state index in [-0.39, 0.29) is 0 Å². The third-order valence-corrected chi connectivity index (χ3v) is 3.32. The van der Waals surface area contributed by atoms with Crippen molar-refractivity contribution in [2.75, 3.05) is 14.2 Å². The third kappa shape index (κ3) is 2.99. The van der Waals surface area contributed by atoms with Crippen LogP contribution in [0, 0.1) is 0 Å². The van der Waals surface area contributed by atoms with Gasteiger partial charge in [0.2, 0.25) is 0 Å². The van der Waals surface area contributed by atoms with E-state index < -0.39 is 17.8 Å². The molecule has 1 N–H and O–H groups in total. The van der Waals surface area contributed by atoms with E-state index in [0.717, 1.165) is 5.39 Å². The van der Waals surface area contributed by atoms with E-state index in [2.05, 4.69) is 6.58 Å². The molecule has 0 bridgehead atoms. The van der Waals surface area contributed by atoms with E-state index in [9.17, 15) is 9.90 Å². The highest BCUT2D eigenvalue weighted by molar-refractivity contribution is 5.79. The zero-order chi connectivity index (χ0) is 15.6. The first-order chi connectivity index (χ1) is 9.97. The maximum atomic E-state index is 11.3. The molecule has 0 saturated carbocycles. The largest absolute Gasteiger partial charge is 0.496 e. The molecule has 112 valence electrons. The first-order valence-corrected chi connectivity index (χ1v) is 6.46. The van der Waals surface area contributed by atoms with Gasteiger partial charge in [0.05, 0.1) is 7.11 Å². The molecule has 2 aromatic rings. The molecule has 2 rings (SSSR count). The van der Waals surface area contributed by atoms with E-state index in [1.165, 1.54) is 20.3 Å². The van der Waals surface area contributed by atoms with E-state index >= 15 is 0 Å². The number of benzene rings is 1. The lowest BCUT2D eigenvalue weighted by Crippen LogP contribution is -2.21. The molecule has 1 aromatic heterocycles. The summed E-state index contributed by atoms with van der Waals surface area (Å²) in [7, 11) is 3.01. The van der Waals surface area contributed by atoms with E-state index in [4.69, 9.17) is 13.9 Å². The summed E-state index contributed by atoms with van der Waals surface area (Å²) in [6, 6.07) is 6.39. The van der Waals surface area contributed by atoms with Gasteiger partial charge in [0.1, 0.15) is 23.5 Å². The minimum absolute atomic E-state index is 0.419. The van der Waals surface area contributed by atoms with Crippen LogP contribution in [0.2, 0.25) is 0 Å². The Bertz CT molecular complexity index is 716. The van der Waals surface area contributed by atoms with Gasteiger partial charge in [0.25, 0.3) is 0 Å². The number of fused-ring (bicyclic) bond motifs is 1. The molecular weight excluding hydrogens is 272 g/mol. The predicted octanol–water partition coefficient (Wildman–Crippen LogP) is 2.43. The highest BCUT2D eigenvalue weighted by Gasteiger charge is 2.25. The minimum atomic E-state index is -0.864. The summed E-state index contributed by atoms with van der Waals surface area (Å²) in [5.41, 5.74) is 1.24. The Morgan fingerprint density at radius 1 is 1.33 bits per heavy atom. The van der Waals surface area contributed by atoms with Crippen LogP contribution in [-0.4, -0.2) is 25.4 Å². The molecular formula is C16H18O5. The first kappa shape index (κ1) is 15.3. The summed E-state index contributed by atoms with van der Waals surface area (Å²) in [5.74, 6) is 0.476. The second-order valence-corrected chi connectivity index (χ2v) is 4.83. The van der Waals surface area contributed by atoms with Gasteiger partial charge in [0.15, 0.2) is 0 Å².